The summed E-state index contributed by atoms with van der Waals surface area (Å²) in [6.07, 6.45) is 2.16. The zero-order valence-electron chi connectivity index (χ0n) is 9.78. The molecule has 0 aliphatic rings. The van der Waals surface area contributed by atoms with E-state index in [1.165, 1.54) is 12.4 Å². The fraction of sp³-hybridized carbons (Fsp3) is 0.154. The van der Waals surface area contributed by atoms with E-state index in [1.54, 1.807) is 7.11 Å². The van der Waals surface area contributed by atoms with Crippen LogP contribution in [0.3, 0.4) is 0 Å². The smallest absolute Gasteiger partial charge is 0.338 e. The van der Waals surface area contributed by atoms with Gasteiger partial charge in [-0.05, 0) is 5.56 Å². The molecule has 0 aliphatic carbocycles. The molecular formula is C13H12N2O3. The Kier molecular flexibility index (Phi) is 3.64. The van der Waals surface area contributed by atoms with Crippen molar-refractivity contribution in [3.63, 3.8) is 0 Å². The Morgan fingerprint density at radius 3 is 2.33 bits per heavy atom. The number of ether oxygens (including phenoxy) is 1. The predicted molar refractivity (Wildman–Crippen MR) is 64.3 cm³/mol. The van der Waals surface area contributed by atoms with Crippen molar-refractivity contribution >= 4 is 5.97 Å². The van der Waals surface area contributed by atoms with Crippen LogP contribution < -0.4 is 0 Å². The maximum absolute atomic E-state index is 10.7. The van der Waals surface area contributed by atoms with Crippen LogP contribution >= 0.6 is 0 Å². The van der Waals surface area contributed by atoms with E-state index < -0.39 is 12.1 Å². The maximum atomic E-state index is 10.7. The van der Waals surface area contributed by atoms with Crippen LogP contribution in [-0.2, 0) is 4.74 Å². The molecule has 2 rings (SSSR count). The molecular weight excluding hydrogens is 232 g/mol. The normalized spacial score (nSPS) is 12.1. The van der Waals surface area contributed by atoms with Crippen molar-refractivity contribution < 1.29 is 14.6 Å². The van der Waals surface area contributed by atoms with Gasteiger partial charge in [0.15, 0.2) is 5.82 Å². The number of aromatic carboxylic acids is 1. The van der Waals surface area contributed by atoms with Crippen molar-refractivity contribution in [2.24, 2.45) is 0 Å². The van der Waals surface area contributed by atoms with Crippen molar-refractivity contribution in [2.45, 2.75) is 6.10 Å². The zero-order chi connectivity index (χ0) is 13.0. The van der Waals surface area contributed by atoms with E-state index in [0.29, 0.717) is 5.82 Å². The third kappa shape index (κ3) is 2.52. The number of hydrogen-bond donors (Lipinski definition) is 1. The van der Waals surface area contributed by atoms with Gasteiger partial charge in [-0.15, -0.1) is 0 Å². The molecule has 0 spiro atoms. The highest BCUT2D eigenvalue weighted by Gasteiger charge is 2.16. The Balaban J connectivity index is 2.31. The fourth-order valence-electron chi connectivity index (χ4n) is 1.60. The Hall–Kier alpha value is -2.27. The molecule has 1 unspecified atom stereocenters. The predicted octanol–water partition coefficient (Wildman–Crippen LogP) is 1.91. The summed E-state index contributed by atoms with van der Waals surface area (Å²) in [5, 5.41) is 8.78. The Morgan fingerprint density at radius 1 is 1.22 bits per heavy atom. The minimum absolute atomic E-state index is 0.0571. The summed E-state index contributed by atoms with van der Waals surface area (Å²) in [7, 11) is 1.56. The molecule has 18 heavy (non-hydrogen) atoms. The van der Waals surface area contributed by atoms with E-state index in [2.05, 4.69) is 9.97 Å². The van der Waals surface area contributed by atoms with Crippen LogP contribution in [0.1, 0.15) is 27.8 Å². The molecule has 2 aromatic rings. The van der Waals surface area contributed by atoms with E-state index in [-0.39, 0.29) is 5.56 Å². The molecule has 1 heterocycles. The van der Waals surface area contributed by atoms with Crippen LogP contribution in [0.5, 0.6) is 0 Å². The summed E-state index contributed by atoms with van der Waals surface area (Å²) >= 11 is 0. The molecule has 1 N–H and O–H groups in total. The van der Waals surface area contributed by atoms with Crippen LogP contribution in [0.4, 0.5) is 0 Å². The standard InChI is InChI=1S/C13H12N2O3/c1-18-11(9-5-3-2-4-6-9)12-14-7-10(8-15-12)13(16)17/h2-8,11H,1H3,(H,16,17). The molecule has 1 aromatic heterocycles. The second-order valence-corrected chi connectivity index (χ2v) is 3.66. The second-order valence-electron chi connectivity index (χ2n) is 3.66. The number of aromatic nitrogens is 2. The van der Waals surface area contributed by atoms with Gasteiger partial charge in [-0.2, -0.15) is 0 Å². The fourth-order valence-corrected chi connectivity index (χ4v) is 1.60. The molecule has 1 atom stereocenters. The summed E-state index contributed by atoms with van der Waals surface area (Å²) < 4.78 is 5.35. The van der Waals surface area contributed by atoms with Gasteiger partial charge in [-0.3, -0.25) is 0 Å². The SMILES string of the molecule is COC(c1ccccc1)c1ncc(C(=O)O)cn1. The van der Waals surface area contributed by atoms with Gasteiger partial charge in [0.25, 0.3) is 0 Å². The number of benzene rings is 1. The molecule has 92 valence electrons. The first-order valence-electron chi connectivity index (χ1n) is 5.35. The molecule has 0 amide bonds. The lowest BCUT2D eigenvalue weighted by atomic mass is 10.1. The molecule has 0 aliphatic heterocycles. The third-order valence-electron chi connectivity index (χ3n) is 2.49. The number of carboxylic acids is 1. The van der Waals surface area contributed by atoms with Gasteiger partial charge in [-0.25, -0.2) is 14.8 Å². The summed E-state index contributed by atoms with van der Waals surface area (Å²) in [4.78, 5) is 18.8. The minimum Gasteiger partial charge on any atom is -0.478 e. The average molecular weight is 244 g/mol. The van der Waals surface area contributed by atoms with E-state index in [9.17, 15) is 4.79 Å². The maximum Gasteiger partial charge on any atom is 0.338 e. The van der Waals surface area contributed by atoms with Crippen LogP contribution in [0.2, 0.25) is 0 Å². The minimum atomic E-state index is -1.05. The number of carbonyl (C=O) groups is 1. The van der Waals surface area contributed by atoms with Crippen LogP contribution in [0, 0.1) is 0 Å². The van der Waals surface area contributed by atoms with Gasteiger partial charge < -0.3 is 9.84 Å². The van der Waals surface area contributed by atoms with E-state index >= 15 is 0 Å². The highest BCUT2D eigenvalue weighted by Crippen LogP contribution is 2.21. The second kappa shape index (κ2) is 5.37. The lowest BCUT2D eigenvalue weighted by molar-refractivity contribution is 0.0695. The van der Waals surface area contributed by atoms with Gasteiger partial charge in [0, 0.05) is 19.5 Å². The van der Waals surface area contributed by atoms with Crippen molar-refractivity contribution in [1.29, 1.82) is 0 Å². The number of nitrogens with zero attached hydrogens (tertiary/aromatic N) is 2. The molecule has 0 saturated carbocycles. The van der Waals surface area contributed by atoms with E-state index in [4.69, 9.17) is 9.84 Å². The van der Waals surface area contributed by atoms with Gasteiger partial charge in [0.2, 0.25) is 0 Å². The number of hydrogen-bond acceptors (Lipinski definition) is 4. The lowest BCUT2D eigenvalue weighted by Crippen LogP contribution is -2.09. The Bertz CT molecular complexity index is 526. The largest absolute Gasteiger partial charge is 0.478 e. The number of carboxylic acid groups (broad SMARTS) is 1. The van der Waals surface area contributed by atoms with Crippen molar-refractivity contribution in [3.8, 4) is 0 Å². The molecule has 0 radical (unpaired) electrons. The first kappa shape index (κ1) is 12.2. The molecule has 0 bridgehead atoms. The van der Waals surface area contributed by atoms with Crippen LogP contribution in [0.15, 0.2) is 42.7 Å². The van der Waals surface area contributed by atoms with Gasteiger partial charge in [0.1, 0.15) is 6.10 Å². The van der Waals surface area contributed by atoms with Crippen LogP contribution in [-0.4, -0.2) is 28.2 Å². The average Bonchev–Trinajstić information content (AvgIpc) is 2.41. The quantitative estimate of drug-likeness (QED) is 0.889. The Labute approximate surface area is 104 Å². The lowest BCUT2D eigenvalue weighted by Gasteiger charge is -2.13. The number of rotatable bonds is 4. The van der Waals surface area contributed by atoms with Crippen molar-refractivity contribution in [1.82, 2.24) is 9.97 Å². The summed E-state index contributed by atoms with van der Waals surface area (Å²) in [6.45, 7) is 0. The first-order valence-corrected chi connectivity index (χ1v) is 5.35. The molecule has 5 nitrogen and oxygen atoms in total. The summed E-state index contributed by atoms with van der Waals surface area (Å²) in [6, 6.07) is 9.51. The van der Waals surface area contributed by atoms with Crippen LogP contribution in [0.25, 0.3) is 0 Å². The van der Waals surface area contributed by atoms with E-state index in [0.717, 1.165) is 5.56 Å². The van der Waals surface area contributed by atoms with Gasteiger partial charge in [0.05, 0.1) is 5.56 Å². The van der Waals surface area contributed by atoms with Crippen molar-refractivity contribution in [2.75, 3.05) is 7.11 Å². The molecule has 0 fully saturated rings. The topological polar surface area (TPSA) is 72.3 Å². The highest BCUT2D eigenvalue weighted by atomic mass is 16.5. The monoisotopic (exact) mass is 244 g/mol. The summed E-state index contributed by atoms with van der Waals surface area (Å²) in [5.74, 6) is -0.607. The highest BCUT2D eigenvalue weighted by molar-refractivity contribution is 5.86. The van der Waals surface area contributed by atoms with Gasteiger partial charge in [-0.1, -0.05) is 30.3 Å². The third-order valence-corrected chi connectivity index (χ3v) is 2.49. The zero-order valence-corrected chi connectivity index (χ0v) is 9.78. The number of methoxy groups -OCH3 is 1. The molecule has 1 aromatic carbocycles. The van der Waals surface area contributed by atoms with Gasteiger partial charge >= 0.3 is 5.97 Å². The van der Waals surface area contributed by atoms with E-state index in [1.807, 2.05) is 30.3 Å². The molecule has 0 saturated heterocycles. The van der Waals surface area contributed by atoms with Crippen molar-refractivity contribution in [3.05, 3.63) is 59.7 Å². The molecule has 5 heteroatoms. The Morgan fingerprint density at radius 2 is 1.83 bits per heavy atom. The summed E-state index contributed by atoms with van der Waals surface area (Å²) in [5.41, 5.74) is 0.977. The first-order chi connectivity index (χ1) is 8.72.